The fourth-order valence-electron chi connectivity index (χ4n) is 2.51. The molecule has 1 aliphatic rings. The molecule has 1 heterocycles. The zero-order valence-corrected chi connectivity index (χ0v) is 12.8. The number of fused-ring (bicyclic) bond motifs is 1. The third kappa shape index (κ3) is 3.05. The summed E-state index contributed by atoms with van der Waals surface area (Å²) in [4.78, 5) is 12.4. The van der Waals surface area contributed by atoms with E-state index < -0.39 is 0 Å². The molecule has 0 aliphatic carbocycles. The highest BCUT2D eigenvalue weighted by molar-refractivity contribution is 6.37. The van der Waals surface area contributed by atoms with Crippen molar-refractivity contribution < 1.29 is 4.79 Å². The number of amides is 1. The first-order chi connectivity index (χ1) is 10.1. The molecule has 0 unspecified atom stereocenters. The van der Waals surface area contributed by atoms with Gasteiger partial charge in [0.15, 0.2) is 0 Å². The van der Waals surface area contributed by atoms with Gasteiger partial charge in [-0.1, -0.05) is 35.3 Å². The Morgan fingerprint density at radius 1 is 1.19 bits per heavy atom. The zero-order valence-electron chi connectivity index (χ0n) is 11.2. The van der Waals surface area contributed by atoms with Crippen molar-refractivity contribution in [2.75, 3.05) is 11.9 Å². The van der Waals surface area contributed by atoms with Crippen LogP contribution in [0.5, 0.6) is 0 Å². The van der Waals surface area contributed by atoms with E-state index in [1.807, 2.05) is 12.1 Å². The van der Waals surface area contributed by atoms with E-state index in [0.717, 1.165) is 25.2 Å². The summed E-state index contributed by atoms with van der Waals surface area (Å²) in [7, 11) is 0. The molecule has 0 fully saturated rings. The number of anilines is 1. The van der Waals surface area contributed by atoms with Crippen LogP contribution in [0.25, 0.3) is 0 Å². The van der Waals surface area contributed by atoms with Crippen LogP contribution in [0.4, 0.5) is 5.69 Å². The Kier molecular flexibility index (Phi) is 4.15. The highest BCUT2D eigenvalue weighted by Gasteiger charge is 2.16. The van der Waals surface area contributed by atoms with E-state index >= 15 is 0 Å². The molecule has 0 bridgehead atoms. The molecule has 1 amide bonds. The maximum atomic E-state index is 12.4. The van der Waals surface area contributed by atoms with Gasteiger partial charge in [0.05, 0.1) is 10.6 Å². The Hall–Kier alpha value is -1.55. The molecule has 2 aromatic rings. The van der Waals surface area contributed by atoms with Gasteiger partial charge in [0.2, 0.25) is 0 Å². The Morgan fingerprint density at radius 2 is 2.05 bits per heavy atom. The summed E-state index contributed by atoms with van der Waals surface area (Å²) in [6.07, 6.45) is 0.903. The Balaban J connectivity index is 1.88. The number of hydrogen-bond acceptors (Lipinski definition) is 2. The molecule has 0 saturated heterocycles. The molecular weight excluding hydrogens is 307 g/mol. The molecule has 21 heavy (non-hydrogen) atoms. The van der Waals surface area contributed by atoms with Crippen LogP contribution in [-0.4, -0.2) is 12.5 Å². The lowest BCUT2D eigenvalue weighted by molar-refractivity contribution is 0.102. The minimum Gasteiger partial charge on any atom is -0.322 e. The van der Waals surface area contributed by atoms with E-state index in [1.165, 1.54) is 11.1 Å². The highest BCUT2D eigenvalue weighted by atomic mass is 35.5. The lowest BCUT2D eigenvalue weighted by atomic mass is 9.99. The second-order valence-corrected chi connectivity index (χ2v) is 5.79. The summed E-state index contributed by atoms with van der Waals surface area (Å²) in [6, 6.07) is 10.8. The standard InChI is InChI=1S/C16H14Cl2N2O/c17-11-4-5-13(14(18)8-11)16(21)20-15-3-1-2-10-9-19-7-6-12(10)15/h1-5,8,19H,6-7,9H2,(H,20,21). The Labute approximate surface area is 133 Å². The van der Waals surface area contributed by atoms with Crippen LogP contribution < -0.4 is 10.6 Å². The van der Waals surface area contributed by atoms with Crippen LogP contribution in [0.2, 0.25) is 10.0 Å². The molecule has 5 heteroatoms. The van der Waals surface area contributed by atoms with Gasteiger partial charge in [-0.2, -0.15) is 0 Å². The SMILES string of the molecule is O=C(Nc1cccc2c1CCNC2)c1ccc(Cl)cc1Cl. The second kappa shape index (κ2) is 6.06. The predicted octanol–water partition coefficient (Wildman–Crippen LogP) is 3.89. The molecule has 2 aromatic carbocycles. The third-order valence-electron chi connectivity index (χ3n) is 3.56. The van der Waals surface area contributed by atoms with Crippen LogP contribution in [0, 0.1) is 0 Å². The fraction of sp³-hybridized carbons (Fsp3) is 0.188. The number of rotatable bonds is 2. The van der Waals surface area contributed by atoms with E-state index in [9.17, 15) is 4.79 Å². The molecular formula is C16H14Cl2N2O. The van der Waals surface area contributed by atoms with Crippen molar-refractivity contribution in [3.05, 3.63) is 63.1 Å². The Bertz CT molecular complexity index is 701. The second-order valence-electron chi connectivity index (χ2n) is 4.95. The van der Waals surface area contributed by atoms with Crippen molar-refractivity contribution in [1.29, 1.82) is 0 Å². The maximum Gasteiger partial charge on any atom is 0.257 e. The monoisotopic (exact) mass is 320 g/mol. The lowest BCUT2D eigenvalue weighted by Crippen LogP contribution is -2.25. The van der Waals surface area contributed by atoms with Crippen LogP contribution in [0.1, 0.15) is 21.5 Å². The number of carbonyl (C=O) groups is 1. The molecule has 0 saturated carbocycles. The predicted molar refractivity (Wildman–Crippen MR) is 86.3 cm³/mol. The molecule has 3 rings (SSSR count). The van der Waals surface area contributed by atoms with Gasteiger partial charge in [-0.3, -0.25) is 4.79 Å². The molecule has 1 aliphatic heterocycles. The Morgan fingerprint density at radius 3 is 2.86 bits per heavy atom. The summed E-state index contributed by atoms with van der Waals surface area (Å²) < 4.78 is 0. The summed E-state index contributed by atoms with van der Waals surface area (Å²) in [5, 5.41) is 7.14. The van der Waals surface area contributed by atoms with Gasteiger partial charge in [0.1, 0.15) is 0 Å². The minimum absolute atomic E-state index is 0.219. The summed E-state index contributed by atoms with van der Waals surface area (Å²) in [6.45, 7) is 1.75. The van der Waals surface area contributed by atoms with Crippen molar-refractivity contribution >= 4 is 34.8 Å². The van der Waals surface area contributed by atoms with E-state index in [1.54, 1.807) is 18.2 Å². The quantitative estimate of drug-likeness (QED) is 0.881. The minimum atomic E-state index is -0.219. The van der Waals surface area contributed by atoms with Crippen LogP contribution in [-0.2, 0) is 13.0 Å². The van der Waals surface area contributed by atoms with Crippen molar-refractivity contribution in [2.24, 2.45) is 0 Å². The molecule has 2 N–H and O–H groups in total. The summed E-state index contributed by atoms with van der Waals surface area (Å²) in [5.41, 5.74) is 3.69. The first-order valence-electron chi connectivity index (χ1n) is 6.73. The molecule has 0 atom stereocenters. The van der Waals surface area contributed by atoms with Crippen molar-refractivity contribution in [2.45, 2.75) is 13.0 Å². The van der Waals surface area contributed by atoms with Gasteiger partial charge >= 0.3 is 0 Å². The zero-order chi connectivity index (χ0) is 14.8. The summed E-state index contributed by atoms with van der Waals surface area (Å²) >= 11 is 11.9. The molecule has 108 valence electrons. The number of nitrogens with one attached hydrogen (secondary N) is 2. The smallest absolute Gasteiger partial charge is 0.257 e. The maximum absolute atomic E-state index is 12.4. The van der Waals surface area contributed by atoms with Gasteiger partial charge in [-0.25, -0.2) is 0 Å². The number of hydrogen-bond donors (Lipinski definition) is 2. The van der Waals surface area contributed by atoms with Crippen molar-refractivity contribution in [3.63, 3.8) is 0 Å². The van der Waals surface area contributed by atoms with Gasteiger partial charge in [0.25, 0.3) is 5.91 Å². The van der Waals surface area contributed by atoms with Crippen LogP contribution >= 0.6 is 23.2 Å². The van der Waals surface area contributed by atoms with Gasteiger partial charge in [-0.05, 0) is 48.4 Å². The van der Waals surface area contributed by atoms with Crippen LogP contribution in [0.15, 0.2) is 36.4 Å². The van der Waals surface area contributed by atoms with Crippen LogP contribution in [0.3, 0.4) is 0 Å². The van der Waals surface area contributed by atoms with Crippen molar-refractivity contribution in [3.8, 4) is 0 Å². The average Bonchev–Trinajstić information content (AvgIpc) is 2.47. The molecule has 0 aromatic heterocycles. The van der Waals surface area contributed by atoms with E-state index in [0.29, 0.717) is 15.6 Å². The highest BCUT2D eigenvalue weighted by Crippen LogP contribution is 2.26. The number of halogens is 2. The lowest BCUT2D eigenvalue weighted by Gasteiger charge is -2.20. The molecule has 0 spiro atoms. The number of carbonyl (C=O) groups excluding carboxylic acids is 1. The third-order valence-corrected chi connectivity index (χ3v) is 4.11. The fourth-order valence-corrected chi connectivity index (χ4v) is 3.01. The number of benzene rings is 2. The van der Waals surface area contributed by atoms with Gasteiger partial charge < -0.3 is 10.6 Å². The first-order valence-corrected chi connectivity index (χ1v) is 7.48. The van der Waals surface area contributed by atoms with E-state index in [-0.39, 0.29) is 5.91 Å². The van der Waals surface area contributed by atoms with E-state index in [4.69, 9.17) is 23.2 Å². The van der Waals surface area contributed by atoms with Gasteiger partial charge in [-0.15, -0.1) is 0 Å². The van der Waals surface area contributed by atoms with E-state index in [2.05, 4.69) is 16.7 Å². The molecule has 0 radical (unpaired) electrons. The topological polar surface area (TPSA) is 41.1 Å². The molecule has 3 nitrogen and oxygen atoms in total. The first kappa shape index (κ1) is 14.4. The summed E-state index contributed by atoms with van der Waals surface area (Å²) in [5.74, 6) is -0.219. The normalized spacial score (nSPS) is 13.6. The van der Waals surface area contributed by atoms with Crippen molar-refractivity contribution in [1.82, 2.24) is 5.32 Å². The average molecular weight is 321 g/mol. The largest absolute Gasteiger partial charge is 0.322 e. The van der Waals surface area contributed by atoms with Gasteiger partial charge in [0, 0.05) is 17.3 Å².